The molecular formula is C20H18KNO2. The zero-order valence-electron chi connectivity index (χ0n) is 14.0. The molecule has 1 unspecified atom stereocenters. The second kappa shape index (κ2) is 8.79. The normalized spacial score (nSPS) is 11.5. The Hall–Kier alpha value is -1.17. The van der Waals surface area contributed by atoms with Gasteiger partial charge < -0.3 is 15.2 Å². The molecule has 4 heteroatoms. The van der Waals surface area contributed by atoms with Gasteiger partial charge in [0.05, 0.1) is 12.0 Å². The van der Waals surface area contributed by atoms with Gasteiger partial charge in [-0.05, 0) is 47.4 Å². The zero-order valence-corrected chi connectivity index (χ0v) is 17.1. The van der Waals surface area contributed by atoms with E-state index in [0.29, 0.717) is 6.42 Å². The van der Waals surface area contributed by atoms with E-state index >= 15 is 0 Å². The van der Waals surface area contributed by atoms with Crippen LogP contribution >= 0.6 is 0 Å². The predicted molar refractivity (Wildman–Crippen MR) is 91.2 cm³/mol. The first kappa shape index (κ1) is 19.2. The van der Waals surface area contributed by atoms with Gasteiger partial charge in [-0.3, -0.25) is 0 Å². The number of carboxylic acids is 1. The third kappa shape index (κ3) is 4.68. The summed E-state index contributed by atoms with van der Waals surface area (Å²) in [6.45, 7) is 1.98. The van der Waals surface area contributed by atoms with Crippen molar-refractivity contribution in [2.24, 2.45) is 0 Å². The summed E-state index contributed by atoms with van der Waals surface area (Å²) < 4.78 is 0. The largest absolute Gasteiger partial charge is 1.00 e. The first-order chi connectivity index (χ1) is 11.1. The number of carboxylic acid groups (broad SMARTS) is 1. The van der Waals surface area contributed by atoms with Gasteiger partial charge in [0, 0.05) is 5.69 Å². The molecule has 116 valence electrons. The van der Waals surface area contributed by atoms with Crippen LogP contribution in [-0.4, -0.2) is 12.0 Å². The van der Waals surface area contributed by atoms with Gasteiger partial charge in [-0.2, -0.15) is 0 Å². The number of aryl methyl sites for hydroxylation is 1. The Kier molecular flexibility index (Phi) is 7.01. The molecule has 3 aromatic carbocycles. The smallest absolute Gasteiger partial charge is 0.548 e. The summed E-state index contributed by atoms with van der Waals surface area (Å²) in [5.74, 6) is -1.10. The van der Waals surface area contributed by atoms with Crippen molar-refractivity contribution in [3.8, 4) is 0 Å². The van der Waals surface area contributed by atoms with Crippen LogP contribution in [0, 0.1) is 6.92 Å². The average Bonchev–Trinajstić information content (AvgIpc) is 2.54. The fourth-order valence-corrected chi connectivity index (χ4v) is 2.82. The second-order valence-corrected chi connectivity index (χ2v) is 5.73. The quantitative estimate of drug-likeness (QED) is 0.660. The molecule has 24 heavy (non-hydrogen) atoms. The number of hydrogen-bond acceptors (Lipinski definition) is 3. The standard InChI is InChI=1S/C20H19NO2.K/c1-14-6-4-10-17(12-14)21-19(20(22)23)13-16-9-5-8-15-7-2-3-11-18(15)16;/h2-12,19,21H,13H2,1H3,(H,22,23);/q;+1/p-1. The number of hydrogen-bond donors (Lipinski definition) is 1. The monoisotopic (exact) mass is 343 g/mol. The van der Waals surface area contributed by atoms with Crippen LogP contribution < -0.4 is 61.8 Å². The first-order valence-corrected chi connectivity index (χ1v) is 7.64. The van der Waals surface area contributed by atoms with Gasteiger partial charge in [-0.1, -0.05) is 54.6 Å². The van der Waals surface area contributed by atoms with Crippen molar-refractivity contribution < 1.29 is 61.3 Å². The number of fused-ring (bicyclic) bond motifs is 1. The molecule has 0 saturated carbocycles. The number of carbonyl (C=O) groups is 1. The van der Waals surface area contributed by atoms with E-state index in [1.807, 2.05) is 73.7 Å². The van der Waals surface area contributed by atoms with Crippen LogP contribution in [0.25, 0.3) is 10.8 Å². The van der Waals surface area contributed by atoms with E-state index in [9.17, 15) is 9.90 Å². The summed E-state index contributed by atoms with van der Waals surface area (Å²) in [4.78, 5) is 11.6. The average molecular weight is 343 g/mol. The Bertz CT molecular complexity index is 842. The molecule has 0 aromatic heterocycles. The Morgan fingerprint density at radius 1 is 1.04 bits per heavy atom. The van der Waals surface area contributed by atoms with Crippen molar-refractivity contribution in [2.45, 2.75) is 19.4 Å². The second-order valence-electron chi connectivity index (χ2n) is 5.73. The molecule has 0 saturated heterocycles. The van der Waals surface area contributed by atoms with Gasteiger partial charge in [0.15, 0.2) is 0 Å². The van der Waals surface area contributed by atoms with E-state index < -0.39 is 12.0 Å². The van der Waals surface area contributed by atoms with E-state index in [-0.39, 0.29) is 51.4 Å². The molecule has 3 rings (SSSR count). The topological polar surface area (TPSA) is 52.2 Å². The van der Waals surface area contributed by atoms with Crippen LogP contribution in [0.2, 0.25) is 0 Å². The van der Waals surface area contributed by atoms with Gasteiger partial charge in [0.2, 0.25) is 0 Å². The predicted octanol–water partition coefficient (Wildman–Crippen LogP) is -0.0747. The van der Waals surface area contributed by atoms with Crippen molar-refractivity contribution in [1.29, 1.82) is 0 Å². The molecular weight excluding hydrogens is 325 g/mol. The van der Waals surface area contributed by atoms with E-state index in [2.05, 4.69) is 5.32 Å². The fraction of sp³-hybridized carbons (Fsp3) is 0.150. The summed E-state index contributed by atoms with van der Waals surface area (Å²) in [7, 11) is 0. The zero-order chi connectivity index (χ0) is 16.2. The Morgan fingerprint density at radius 3 is 2.50 bits per heavy atom. The third-order valence-corrected chi connectivity index (χ3v) is 3.95. The molecule has 0 bridgehead atoms. The minimum atomic E-state index is -1.10. The third-order valence-electron chi connectivity index (χ3n) is 3.95. The van der Waals surface area contributed by atoms with Crippen molar-refractivity contribution >= 4 is 22.4 Å². The van der Waals surface area contributed by atoms with Crippen molar-refractivity contribution in [3.05, 3.63) is 77.9 Å². The summed E-state index contributed by atoms with van der Waals surface area (Å²) in [6.07, 6.45) is 0.373. The Morgan fingerprint density at radius 2 is 1.75 bits per heavy atom. The Labute approximate surface area is 184 Å². The molecule has 0 aliphatic rings. The molecule has 0 radical (unpaired) electrons. The number of anilines is 1. The number of nitrogens with one attached hydrogen (secondary N) is 1. The van der Waals surface area contributed by atoms with Gasteiger partial charge in [-0.15, -0.1) is 0 Å². The fourth-order valence-electron chi connectivity index (χ4n) is 2.82. The van der Waals surface area contributed by atoms with Crippen molar-refractivity contribution in [2.75, 3.05) is 5.32 Å². The summed E-state index contributed by atoms with van der Waals surface area (Å²) in [6, 6.07) is 20.8. The SMILES string of the molecule is Cc1cccc(NC(Cc2cccc3ccccc23)C(=O)[O-])c1.[K+]. The molecule has 0 spiro atoms. The van der Waals surface area contributed by atoms with Gasteiger partial charge in [0.25, 0.3) is 0 Å². The molecule has 0 fully saturated rings. The summed E-state index contributed by atoms with van der Waals surface area (Å²) in [5, 5.41) is 16.8. The molecule has 3 aromatic rings. The van der Waals surface area contributed by atoms with Crippen LogP contribution in [0.15, 0.2) is 66.7 Å². The van der Waals surface area contributed by atoms with E-state index in [4.69, 9.17) is 0 Å². The molecule has 0 aliphatic carbocycles. The van der Waals surface area contributed by atoms with E-state index in [0.717, 1.165) is 27.6 Å². The van der Waals surface area contributed by atoms with Crippen molar-refractivity contribution in [1.82, 2.24) is 0 Å². The number of rotatable bonds is 5. The maximum absolute atomic E-state index is 11.6. The summed E-state index contributed by atoms with van der Waals surface area (Å²) in [5.41, 5.74) is 2.87. The van der Waals surface area contributed by atoms with Crippen molar-refractivity contribution in [3.63, 3.8) is 0 Å². The number of benzene rings is 3. The molecule has 3 nitrogen and oxygen atoms in total. The van der Waals surface area contributed by atoms with Gasteiger partial charge in [0.1, 0.15) is 0 Å². The van der Waals surface area contributed by atoms with E-state index in [1.54, 1.807) is 0 Å². The number of aliphatic carboxylic acids is 1. The van der Waals surface area contributed by atoms with E-state index in [1.165, 1.54) is 0 Å². The summed E-state index contributed by atoms with van der Waals surface area (Å²) >= 11 is 0. The first-order valence-electron chi connectivity index (χ1n) is 7.64. The molecule has 0 amide bonds. The molecule has 1 atom stereocenters. The molecule has 1 N–H and O–H groups in total. The van der Waals surface area contributed by atoms with Crippen LogP contribution in [0.3, 0.4) is 0 Å². The number of carbonyl (C=O) groups excluding carboxylic acids is 1. The van der Waals surface area contributed by atoms with Gasteiger partial charge >= 0.3 is 51.4 Å². The van der Waals surface area contributed by atoms with Crippen LogP contribution in [0.1, 0.15) is 11.1 Å². The van der Waals surface area contributed by atoms with Gasteiger partial charge in [-0.25, -0.2) is 0 Å². The van der Waals surface area contributed by atoms with Crippen LogP contribution in [0.5, 0.6) is 0 Å². The maximum atomic E-state index is 11.6. The molecule has 0 heterocycles. The molecule has 0 aliphatic heterocycles. The van der Waals surface area contributed by atoms with Crippen LogP contribution in [-0.2, 0) is 11.2 Å². The Balaban J connectivity index is 0.00000208. The minimum absolute atomic E-state index is 0. The van der Waals surface area contributed by atoms with Crippen LogP contribution in [0.4, 0.5) is 5.69 Å². The maximum Gasteiger partial charge on any atom is 1.00 e. The minimum Gasteiger partial charge on any atom is -0.548 e.